The highest BCUT2D eigenvalue weighted by Crippen LogP contribution is 2.22. The molecule has 0 fully saturated rings. The van der Waals surface area contributed by atoms with Crippen LogP contribution in [0.1, 0.15) is 6.92 Å². The molecule has 4 heteroatoms. The van der Waals surface area contributed by atoms with Crippen molar-refractivity contribution in [2.75, 3.05) is 26.9 Å². The predicted octanol–water partition coefficient (Wildman–Crippen LogP) is 2.34. The van der Waals surface area contributed by atoms with E-state index >= 15 is 0 Å². The van der Waals surface area contributed by atoms with Crippen molar-refractivity contribution in [1.29, 1.82) is 0 Å². The third-order valence-corrected chi connectivity index (χ3v) is 2.42. The molecule has 3 nitrogen and oxygen atoms in total. The molecule has 1 N–H and O–H groups in total. The largest absolute Gasteiger partial charge is 0.491 e. The number of hydrogen-bond acceptors (Lipinski definition) is 3. The number of halogens is 1. The minimum atomic E-state index is 0.333. The van der Waals surface area contributed by atoms with Gasteiger partial charge in [-0.1, -0.05) is 23.7 Å². The molecule has 1 aromatic rings. The zero-order chi connectivity index (χ0) is 11.8. The van der Waals surface area contributed by atoms with Gasteiger partial charge in [-0.25, -0.2) is 0 Å². The molecule has 90 valence electrons. The molecule has 0 unspecified atom stereocenters. The Morgan fingerprint density at radius 2 is 2.12 bits per heavy atom. The monoisotopic (exact) mass is 243 g/mol. The SMILES string of the molecule is COC[C@H](C)NCCOc1ccccc1Cl. The molecular weight excluding hydrogens is 226 g/mol. The van der Waals surface area contributed by atoms with Crippen molar-refractivity contribution in [2.24, 2.45) is 0 Å². The molecule has 0 saturated carbocycles. The fourth-order valence-electron chi connectivity index (χ4n) is 1.34. The second-order valence-corrected chi connectivity index (χ2v) is 4.00. The van der Waals surface area contributed by atoms with E-state index in [1.54, 1.807) is 7.11 Å². The Morgan fingerprint density at radius 3 is 2.81 bits per heavy atom. The van der Waals surface area contributed by atoms with Gasteiger partial charge in [0.2, 0.25) is 0 Å². The van der Waals surface area contributed by atoms with E-state index in [9.17, 15) is 0 Å². The van der Waals surface area contributed by atoms with Gasteiger partial charge in [0.25, 0.3) is 0 Å². The van der Waals surface area contributed by atoms with E-state index in [1.807, 2.05) is 24.3 Å². The number of hydrogen-bond donors (Lipinski definition) is 1. The highest BCUT2D eigenvalue weighted by atomic mass is 35.5. The number of para-hydroxylation sites is 1. The topological polar surface area (TPSA) is 30.5 Å². The molecule has 1 rings (SSSR count). The Morgan fingerprint density at radius 1 is 1.38 bits per heavy atom. The van der Waals surface area contributed by atoms with E-state index in [0.29, 0.717) is 24.3 Å². The van der Waals surface area contributed by atoms with Gasteiger partial charge in [0, 0.05) is 19.7 Å². The Balaban J connectivity index is 2.19. The maximum Gasteiger partial charge on any atom is 0.137 e. The molecule has 16 heavy (non-hydrogen) atoms. The Bertz CT molecular complexity index is 307. The van der Waals surface area contributed by atoms with E-state index in [4.69, 9.17) is 21.1 Å². The van der Waals surface area contributed by atoms with Gasteiger partial charge in [-0.3, -0.25) is 0 Å². The molecule has 0 amide bonds. The summed E-state index contributed by atoms with van der Waals surface area (Å²) in [7, 11) is 1.69. The van der Waals surface area contributed by atoms with E-state index in [0.717, 1.165) is 12.3 Å². The third-order valence-electron chi connectivity index (χ3n) is 2.11. The van der Waals surface area contributed by atoms with Gasteiger partial charge in [0.1, 0.15) is 12.4 Å². The Hall–Kier alpha value is -0.770. The average Bonchev–Trinajstić information content (AvgIpc) is 2.27. The molecule has 1 aromatic carbocycles. The molecular formula is C12H18ClNO2. The summed E-state index contributed by atoms with van der Waals surface area (Å²) < 4.78 is 10.5. The first-order chi connectivity index (χ1) is 7.74. The second-order valence-electron chi connectivity index (χ2n) is 3.59. The average molecular weight is 244 g/mol. The van der Waals surface area contributed by atoms with E-state index in [1.165, 1.54) is 0 Å². The van der Waals surface area contributed by atoms with Crippen molar-refractivity contribution in [2.45, 2.75) is 13.0 Å². The van der Waals surface area contributed by atoms with Crippen LogP contribution in [-0.2, 0) is 4.74 Å². The van der Waals surface area contributed by atoms with Crippen LogP contribution < -0.4 is 10.1 Å². The van der Waals surface area contributed by atoms with Gasteiger partial charge in [-0.15, -0.1) is 0 Å². The number of nitrogens with one attached hydrogen (secondary N) is 1. The summed E-state index contributed by atoms with van der Waals surface area (Å²) in [5, 5.41) is 3.93. The lowest BCUT2D eigenvalue weighted by molar-refractivity contribution is 0.169. The fourth-order valence-corrected chi connectivity index (χ4v) is 1.53. The van der Waals surface area contributed by atoms with Crippen molar-refractivity contribution in [3.8, 4) is 5.75 Å². The second kappa shape index (κ2) is 7.49. The molecule has 0 aromatic heterocycles. The number of benzene rings is 1. The number of ether oxygens (including phenoxy) is 2. The first kappa shape index (κ1) is 13.3. The molecule has 1 atom stereocenters. The van der Waals surface area contributed by atoms with Crippen molar-refractivity contribution in [1.82, 2.24) is 5.32 Å². The van der Waals surface area contributed by atoms with Crippen molar-refractivity contribution >= 4 is 11.6 Å². The van der Waals surface area contributed by atoms with Crippen LogP contribution in [0.25, 0.3) is 0 Å². The van der Waals surface area contributed by atoms with Gasteiger partial charge in [-0.2, -0.15) is 0 Å². The first-order valence-electron chi connectivity index (χ1n) is 5.33. The minimum absolute atomic E-state index is 0.333. The molecule has 0 spiro atoms. The van der Waals surface area contributed by atoms with E-state index in [-0.39, 0.29) is 0 Å². The molecule has 0 aliphatic rings. The summed E-state index contributed by atoms with van der Waals surface area (Å²) in [4.78, 5) is 0. The van der Waals surface area contributed by atoms with E-state index in [2.05, 4.69) is 12.2 Å². The zero-order valence-corrected chi connectivity index (χ0v) is 10.5. The zero-order valence-electron chi connectivity index (χ0n) is 9.70. The van der Waals surface area contributed by atoms with Crippen molar-refractivity contribution in [3.63, 3.8) is 0 Å². The van der Waals surface area contributed by atoms with Crippen LogP contribution in [0.5, 0.6) is 5.75 Å². The molecule has 0 radical (unpaired) electrons. The summed E-state index contributed by atoms with van der Waals surface area (Å²) in [6, 6.07) is 7.80. The number of methoxy groups -OCH3 is 1. The number of rotatable bonds is 7. The van der Waals surface area contributed by atoms with Gasteiger partial charge < -0.3 is 14.8 Å². The summed E-state index contributed by atoms with van der Waals surface area (Å²) in [5.41, 5.74) is 0. The molecule has 0 aliphatic carbocycles. The van der Waals surface area contributed by atoms with E-state index < -0.39 is 0 Å². The molecule has 0 heterocycles. The lowest BCUT2D eigenvalue weighted by Crippen LogP contribution is -2.33. The van der Waals surface area contributed by atoms with Crippen LogP contribution in [0.2, 0.25) is 5.02 Å². The summed E-state index contributed by atoms with van der Waals surface area (Å²) in [6.07, 6.45) is 0. The van der Waals surface area contributed by atoms with Crippen LogP contribution in [0.3, 0.4) is 0 Å². The maximum absolute atomic E-state index is 5.95. The predicted molar refractivity (Wildman–Crippen MR) is 66.3 cm³/mol. The minimum Gasteiger partial charge on any atom is -0.491 e. The normalized spacial score (nSPS) is 12.4. The first-order valence-corrected chi connectivity index (χ1v) is 5.71. The quantitative estimate of drug-likeness (QED) is 0.746. The van der Waals surface area contributed by atoms with Crippen LogP contribution >= 0.6 is 11.6 Å². The van der Waals surface area contributed by atoms with Gasteiger partial charge in [0.05, 0.1) is 11.6 Å². The smallest absolute Gasteiger partial charge is 0.137 e. The molecule has 0 saturated heterocycles. The lowest BCUT2D eigenvalue weighted by Gasteiger charge is -2.13. The Labute approximate surface area is 102 Å². The Kier molecular flexibility index (Phi) is 6.23. The van der Waals surface area contributed by atoms with Crippen LogP contribution in [0.4, 0.5) is 0 Å². The summed E-state index contributed by atoms with van der Waals surface area (Å²) in [5.74, 6) is 0.727. The standard InChI is InChI=1S/C12H18ClNO2/c1-10(9-15-2)14-7-8-16-12-6-4-3-5-11(12)13/h3-6,10,14H,7-9H2,1-2H3/t10-/m0/s1. The van der Waals surface area contributed by atoms with Gasteiger partial charge >= 0.3 is 0 Å². The fraction of sp³-hybridized carbons (Fsp3) is 0.500. The van der Waals surface area contributed by atoms with Crippen molar-refractivity contribution in [3.05, 3.63) is 29.3 Å². The summed E-state index contributed by atoms with van der Waals surface area (Å²) in [6.45, 7) is 4.14. The summed E-state index contributed by atoms with van der Waals surface area (Å²) >= 11 is 5.95. The van der Waals surface area contributed by atoms with Crippen molar-refractivity contribution < 1.29 is 9.47 Å². The lowest BCUT2D eigenvalue weighted by atomic mass is 10.3. The van der Waals surface area contributed by atoms with Crippen LogP contribution in [-0.4, -0.2) is 32.9 Å². The van der Waals surface area contributed by atoms with Gasteiger partial charge in [0.15, 0.2) is 0 Å². The third kappa shape index (κ3) is 4.84. The highest BCUT2D eigenvalue weighted by Gasteiger charge is 2.01. The van der Waals surface area contributed by atoms with Gasteiger partial charge in [-0.05, 0) is 19.1 Å². The molecule has 0 bridgehead atoms. The van der Waals surface area contributed by atoms with Crippen LogP contribution in [0, 0.1) is 0 Å². The highest BCUT2D eigenvalue weighted by molar-refractivity contribution is 6.32. The molecule has 0 aliphatic heterocycles. The van der Waals surface area contributed by atoms with Crippen LogP contribution in [0.15, 0.2) is 24.3 Å². The maximum atomic E-state index is 5.95.